The van der Waals surface area contributed by atoms with Crippen LogP contribution in [0, 0.1) is 0 Å². The zero-order chi connectivity index (χ0) is 13.0. The van der Waals surface area contributed by atoms with Crippen molar-refractivity contribution < 1.29 is 0 Å². The van der Waals surface area contributed by atoms with Crippen molar-refractivity contribution in [1.82, 2.24) is 9.88 Å². The molecule has 1 atom stereocenters. The Morgan fingerprint density at radius 2 is 1.94 bits per heavy atom. The van der Waals surface area contributed by atoms with Gasteiger partial charge in [0.25, 0.3) is 0 Å². The Morgan fingerprint density at radius 3 is 2.47 bits per heavy atom. The van der Waals surface area contributed by atoms with Gasteiger partial charge in [-0.1, -0.05) is 23.2 Å². The number of hydrazine groups is 1. The second-order valence-corrected chi connectivity index (χ2v) is 4.92. The molecule has 17 heavy (non-hydrogen) atoms. The van der Waals surface area contributed by atoms with Crippen LogP contribution in [-0.4, -0.2) is 36.6 Å². The summed E-state index contributed by atoms with van der Waals surface area (Å²) in [6.07, 6.45) is 0. The summed E-state index contributed by atoms with van der Waals surface area (Å²) in [5, 5.41) is 4.07. The molecule has 0 aromatic carbocycles. The van der Waals surface area contributed by atoms with Crippen LogP contribution in [0.25, 0.3) is 0 Å². The first-order valence-electron chi connectivity index (χ1n) is 5.18. The number of likely N-dealkylation sites (N-methyl/N-ethyl adjacent to an activating group) is 1. The molecule has 0 saturated heterocycles. The van der Waals surface area contributed by atoms with Crippen LogP contribution in [0.3, 0.4) is 0 Å². The van der Waals surface area contributed by atoms with Gasteiger partial charge in [-0.05, 0) is 27.1 Å². The van der Waals surface area contributed by atoms with Gasteiger partial charge in [-0.25, -0.2) is 10.8 Å². The van der Waals surface area contributed by atoms with Crippen LogP contribution >= 0.6 is 23.2 Å². The number of nitrogens with zero attached hydrogens (tertiary/aromatic N) is 2. The Labute approximate surface area is 111 Å². The summed E-state index contributed by atoms with van der Waals surface area (Å²) in [5.41, 5.74) is 2.42. The minimum absolute atomic E-state index is 0.210. The number of aromatic nitrogens is 1. The van der Waals surface area contributed by atoms with Crippen LogP contribution in [0.4, 0.5) is 11.6 Å². The van der Waals surface area contributed by atoms with Gasteiger partial charge in [-0.3, -0.25) is 0 Å². The van der Waals surface area contributed by atoms with Crippen molar-refractivity contribution in [1.29, 1.82) is 0 Å². The van der Waals surface area contributed by atoms with Crippen molar-refractivity contribution in [2.75, 3.05) is 31.4 Å². The van der Waals surface area contributed by atoms with E-state index in [0.717, 1.165) is 6.54 Å². The van der Waals surface area contributed by atoms with Crippen LogP contribution in [0.5, 0.6) is 0 Å². The summed E-state index contributed by atoms with van der Waals surface area (Å²) in [7, 11) is 4.00. The van der Waals surface area contributed by atoms with Crippen molar-refractivity contribution in [2.24, 2.45) is 5.84 Å². The van der Waals surface area contributed by atoms with Gasteiger partial charge in [-0.15, -0.1) is 0 Å². The number of pyridine rings is 1. The predicted molar refractivity (Wildman–Crippen MR) is 73.7 cm³/mol. The summed E-state index contributed by atoms with van der Waals surface area (Å²) in [5.74, 6) is 6.27. The van der Waals surface area contributed by atoms with E-state index in [1.807, 2.05) is 21.0 Å². The van der Waals surface area contributed by atoms with E-state index in [1.165, 1.54) is 0 Å². The number of hydrogen-bond donors (Lipinski definition) is 3. The van der Waals surface area contributed by atoms with Gasteiger partial charge in [0.15, 0.2) is 5.82 Å². The molecule has 1 unspecified atom stereocenters. The molecule has 0 radical (unpaired) electrons. The van der Waals surface area contributed by atoms with Gasteiger partial charge in [-0.2, -0.15) is 0 Å². The van der Waals surface area contributed by atoms with E-state index < -0.39 is 0 Å². The number of halogens is 2. The molecule has 5 nitrogen and oxygen atoms in total. The molecule has 1 heterocycles. The molecular weight excluding hydrogens is 261 g/mol. The normalized spacial score (nSPS) is 12.6. The van der Waals surface area contributed by atoms with Crippen LogP contribution in [-0.2, 0) is 0 Å². The zero-order valence-corrected chi connectivity index (χ0v) is 11.6. The third-order valence-electron chi connectivity index (χ3n) is 2.09. The third-order valence-corrected chi connectivity index (χ3v) is 2.66. The van der Waals surface area contributed by atoms with E-state index in [9.17, 15) is 0 Å². The lowest BCUT2D eigenvalue weighted by Gasteiger charge is -2.20. The SMILES string of the molecule is CC(CN(C)C)Nc1nc(NN)c(Cl)cc1Cl. The molecule has 1 rings (SSSR count). The molecule has 4 N–H and O–H groups in total. The third kappa shape index (κ3) is 4.20. The summed E-state index contributed by atoms with van der Waals surface area (Å²) in [6, 6.07) is 1.82. The highest BCUT2D eigenvalue weighted by Crippen LogP contribution is 2.28. The highest BCUT2D eigenvalue weighted by molar-refractivity contribution is 6.37. The monoisotopic (exact) mass is 277 g/mol. The molecule has 0 amide bonds. The smallest absolute Gasteiger partial charge is 0.161 e. The predicted octanol–water partition coefficient (Wildman–Crippen LogP) is 2.04. The fraction of sp³-hybridized carbons (Fsp3) is 0.500. The van der Waals surface area contributed by atoms with E-state index in [4.69, 9.17) is 29.0 Å². The highest BCUT2D eigenvalue weighted by Gasteiger charge is 2.11. The molecule has 0 aliphatic rings. The Morgan fingerprint density at radius 1 is 1.35 bits per heavy atom. The Kier molecular flexibility index (Phi) is 5.27. The van der Waals surface area contributed by atoms with E-state index in [2.05, 4.69) is 20.6 Å². The van der Waals surface area contributed by atoms with Crippen molar-refractivity contribution in [3.63, 3.8) is 0 Å². The molecule has 0 fully saturated rings. The summed E-state index contributed by atoms with van der Waals surface area (Å²) >= 11 is 11.9. The van der Waals surface area contributed by atoms with Gasteiger partial charge < -0.3 is 15.6 Å². The lowest BCUT2D eigenvalue weighted by Crippen LogP contribution is -2.30. The number of hydrogen-bond acceptors (Lipinski definition) is 5. The number of nitrogens with two attached hydrogens (primary N) is 1. The first kappa shape index (κ1) is 14.3. The maximum absolute atomic E-state index is 6.05. The second-order valence-electron chi connectivity index (χ2n) is 4.10. The molecule has 0 spiro atoms. The maximum atomic E-state index is 6.05. The molecule has 0 aliphatic carbocycles. The first-order valence-corrected chi connectivity index (χ1v) is 5.93. The largest absolute Gasteiger partial charge is 0.365 e. The number of nitrogen functional groups attached to an aromatic ring is 1. The molecule has 1 aromatic heterocycles. The van der Waals surface area contributed by atoms with Gasteiger partial charge in [0.2, 0.25) is 0 Å². The number of anilines is 2. The Balaban J connectivity index is 2.83. The average Bonchev–Trinajstić information content (AvgIpc) is 2.20. The highest BCUT2D eigenvalue weighted by atomic mass is 35.5. The van der Waals surface area contributed by atoms with Crippen LogP contribution in [0.2, 0.25) is 10.0 Å². The van der Waals surface area contributed by atoms with E-state index in [1.54, 1.807) is 6.07 Å². The molecule has 7 heteroatoms. The minimum atomic E-state index is 0.210. The van der Waals surface area contributed by atoms with Crippen LogP contribution in [0.15, 0.2) is 6.07 Å². The molecular formula is C10H17Cl2N5. The quantitative estimate of drug-likeness (QED) is 0.568. The van der Waals surface area contributed by atoms with Crippen LogP contribution < -0.4 is 16.6 Å². The fourth-order valence-corrected chi connectivity index (χ4v) is 1.96. The Hall–Kier alpha value is -0.750. The zero-order valence-electron chi connectivity index (χ0n) is 10.1. The maximum Gasteiger partial charge on any atom is 0.161 e. The minimum Gasteiger partial charge on any atom is -0.365 e. The Bertz CT molecular complexity index is 383. The van der Waals surface area contributed by atoms with Crippen LogP contribution in [0.1, 0.15) is 6.92 Å². The van der Waals surface area contributed by atoms with Crippen molar-refractivity contribution in [2.45, 2.75) is 13.0 Å². The van der Waals surface area contributed by atoms with Gasteiger partial charge >= 0.3 is 0 Å². The van der Waals surface area contributed by atoms with E-state index in [0.29, 0.717) is 21.7 Å². The molecule has 0 aliphatic heterocycles. The van der Waals surface area contributed by atoms with Gasteiger partial charge in [0, 0.05) is 12.6 Å². The second kappa shape index (κ2) is 6.26. The lowest BCUT2D eigenvalue weighted by molar-refractivity contribution is 0.392. The van der Waals surface area contributed by atoms with E-state index >= 15 is 0 Å². The molecule has 0 bridgehead atoms. The summed E-state index contributed by atoms with van der Waals surface area (Å²) < 4.78 is 0. The average molecular weight is 278 g/mol. The topological polar surface area (TPSA) is 66.2 Å². The standard InChI is InChI=1S/C10H17Cl2N5/c1-6(5-17(2)3)14-9-7(11)4-8(12)10(15-9)16-13/h4,6H,5,13H2,1-3H3,(H2,14,15,16). The lowest BCUT2D eigenvalue weighted by atomic mass is 10.3. The van der Waals surface area contributed by atoms with Gasteiger partial charge in [0.1, 0.15) is 5.82 Å². The molecule has 96 valence electrons. The van der Waals surface area contributed by atoms with Gasteiger partial charge in [0.05, 0.1) is 10.0 Å². The van der Waals surface area contributed by atoms with Crippen molar-refractivity contribution >= 4 is 34.8 Å². The molecule has 1 aromatic rings. The fourth-order valence-electron chi connectivity index (χ4n) is 1.50. The first-order chi connectivity index (χ1) is 7.93. The summed E-state index contributed by atoms with van der Waals surface area (Å²) in [6.45, 7) is 2.91. The van der Waals surface area contributed by atoms with E-state index in [-0.39, 0.29) is 6.04 Å². The molecule has 0 saturated carbocycles. The summed E-state index contributed by atoms with van der Waals surface area (Å²) in [4.78, 5) is 6.28. The number of nitrogens with one attached hydrogen (secondary N) is 2. The number of rotatable bonds is 5. The van der Waals surface area contributed by atoms with Crippen molar-refractivity contribution in [3.05, 3.63) is 16.1 Å². The van der Waals surface area contributed by atoms with Crippen molar-refractivity contribution in [3.8, 4) is 0 Å².